The van der Waals surface area contributed by atoms with Crippen LogP contribution < -0.4 is 20.1 Å². The largest absolute Gasteiger partial charge is 0.497 e. The molecule has 0 saturated carbocycles. The van der Waals surface area contributed by atoms with Crippen molar-refractivity contribution in [2.45, 2.75) is 50.6 Å². The lowest BCUT2D eigenvalue weighted by molar-refractivity contribution is -0.139. The maximum absolute atomic E-state index is 13.0. The van der Waals surface area contributed by atoms with Gasteiger partial charge in [0.15, 0.2) is 0 Å². The summed E-state index contributed by atoms with van der Waals surface area (Å²) < 4.78 is 10.7. The molecule has 0 aromatic heterocycles. The highest BCUT2D eigenvalue weighted by Crippen LogP contribution is 2.29. The minimum Gasteiger partial charge on any atom is -0.497 e. The third-order valence-electron chi connectivity index (χ3n) is 5.76. The molecule has 6 nitrogen and oxygen atoms in total. The fourth-order valence-corrected chi connectivity index (χ4v) is 4.10. The number of nitrogens with one attached hydrogen (secondary N) is 2. The fourth-order valence-electron chi connectivity index (χ4n) is 4.10. The summed E-state index contributed by atoms with van der Waals surface area (Å²) in [5.41, 5.74) is 0.675. The topological polar surface area (TPSA) is 62.8 Å². The highest BCUT2D eigenvalue weighted by atomic mass is 35.5. The van der Waals surface area contributed by atoms with Gasteiger partial charge in [-0.2, -0.15) is 0 Å². The number of nitrogens with zero attached hydrogens (tertiary/aromatic N) is 1. The Balaban J connectivity index is 0.00000196. The van der Waals surface area contributed by atoms with E-state index in [1.54, 1.807) is 14.2 Å². The molecule has 0 aliphatic carbocycles. The zero-order valence-electron chi connectivity index (χ0n) is 17.0. The second kappa shape index (κ2) is 11.0. The molecule has 2 aliphatic rings. The van der Waals surface area contributed by atoms with Crippen LogP contribution in [0.5, 0.6) is 11.5 Å². The number of likely N-dealkylation sites (tertiary alicyclic amines) is 1. The lowest BCUT2D eigenvalue weighted by atomic mass is 9.91. The highest BCUT2D eigenvalue weighted by Gasteiger charge is 2.42. The second-order valence-corrected chi connectivity index (χ2v) is 7.28. The standard InChI is InChI=1S/C20H31N3O3.2ClH/c1-4-20(8-5-9-21-20)19(24)23-10-6-15(7-11-23)22-16-12-17(25-2)14-18(13-16)26-3;;/h12-15,21-22H,4-11H2,1-3H3;2*1H. The first-order chi connectivity index (χ1) is 12.6. The smallest absolute Gasteiger partial charge is 0.242 e. The minimum absolute atomic E-state index is 0. The van der Waals surface area contributed by atoms with Gasteiger partial charge >= 0.3 is 0 Å². The summed E-state index contributed by atoms with van der Waals surface area (Å²) in [6, 6.07) is 6.18. The Bertz CT molecular complexity index is 609. The van der Waals surface area contributed by atoms with Crippen LogP contribution >= 0.6 is 24.8 Å². The monoisotopic (exact) mass is 433 g/mol. The maximum Gasteiger partial charge on any atom is 0.242 e. The Morgan fingerprint density at radius 3 is 2.25 bits per heavy atom. The first-order valence-electron chi connectivity index (χ1n) is 9.64. The minimum atomic E-state index is -0.319. The van der Waals surface area contributed by atoms with Crippen LogP contribution in [0, 0.1) is 0 Å². The van der Waals surface area contributed by atoms with Gasteiger partial charge in [0.05, 0.1) is 19.8 Å². The van der Waals surface area contributed by atoms with Gasteiger partial charge in [-0.25, -0.2) is 0 Å². The van der Waals surface area contributed by atoms with E-state index in [4.69, 9.17) is 9.47 Å². The van der Waals surface area contributed by atoms with Crippen molar-refractivity contribution in [1.82, 2.24) is 10.2 Å². The fraction of sp³-hybridized carbons (Fsp3) is 0.650. The van der Waals surface area contributed by atoms with Gasteiger partial charge in [-0.3, -0.25) is 4.79 Å². The van der Waals surface area contributed by atoms with E-state index >= 15 is 0 Å². The Morgan fingerprint density at radius 1 is 1.18 bits per heavy atom. The first-order valence-corrected chi connectivity index (χ1v) is 9.64. The summed E-state index contributed by atoms with van der Waals surface area (Å²) in [7, 11) is 3.31. The predicted octanol–water partition coefficient (Wildman–Crippen LogP) is 3.48. The Morgan fingerprint density at radius 2 is 1.79 bits per heavy atom. The lowest BCUT2D eigenvalue weighted by Crippen LogP contribution is -2.56. The Labute approximate surface area is 180 Å². The summed E-state index contributed by atoms with van der Waals surface area (Å²) in [5, 5.41) is 7.03. The van der Waals surface area contributed by atoms with Crippen LogP contribution in [0.15, 0.2) is 18.2 Å². The molecule has 160 valence electrons. The van der Waals surface area contributed by atoms with Crippen molar-refractivity contribution >= 4 is 36.4 Å². The molecule has 2 aliphatic heterocycles. The molecule has 0 bridgehead atoms. The third kappa shape index (κ3) is 5.37. The average Bonchev–Trinajstić information content (AvgIpc) is 3.18. The summed E-state index contributed by atoms with van der Waals surface area (Å²) in [6.07, 6.45) is 4.82. The molecule has 0 radical (unpaired) electrons. The molecule has 2 fully saturated rings. The number of piperidine rings is 1. The van der Waals surface area contributed by atoms with Crippen LogP contribution in [0.3, 0.4) is 0 Å². The SMILES string of the molecule is CCC1(C(=O)N2CCC(Nc3cc(OC)cc(OC)c3)CC2)CCCN1.Cl.Cl. The van der Waals surface area contributed by atoms with Crippen molar-refractivity contribution in [3.05, 3.63) is 18.2 Å². The zero-order valence-corrected chi connectivity index (χ0v) is 18.6. The van der Waals surface area contributed by atoms with E-state index in [-0.39, 0.29) is 30.4 Å². The van der Waals surface area contributed by atoms with Crippen LogP contribution in [-0.2, 0) is 4.79 Å². The molecule has 1 aromatic rings. The van der Waals surface area contributed by atoms with Gasteiger partial charge in [0.1, 0.15) is 11.5 Å². The number of hydrogen-bond donors (Lipinski definition) is 2. The number of rotatable bonds is 6. The number of amides is 1. The number of carbonyl (C=O) groups is 1. The molecule has 2 heterocycles. The van der Waals surface area contributed by atoms with Crippen molar-refractivity contribution in [1.29, 1.82) is 0 Å². The van der Waals surface area contributed by atoms with Crippen molar-refractivity contribution in [2.75, 3.05) is 39.2 Å². The van der Waals surface area contributed by atoms with Crippen molar-refractivity contribution in [3.8, 4) is 11.5 Å². The normalized spacial score (nSPS) is 22.0. The number of methoxy groups -OCH3 is 2. The molecule has 1 unspecified atom stereocenters. The van der Waals surface area contributed by atoms with E-state index in [1.807, 2.05) is 23.1 Å². The van der Waals surface area contributed by atoms with E-state index in [0.717, 1.165) is 68.9 Å². The molecule has 1 atom stereocenters. The number of ether oxygens (including phenoxy) is 2. The molecule has 3 rings (SSSR count). The Hall–Kier alpha value is -1.37. The second-order valence-electron chi connectivity index (χ2n) is 7.28. The highest BCUT2D eigenvalue weighted by molar-refractivity contribution is 5.87. The summed E-state index contributed by atoms with van der Waals surface area (Å²) in [6.45, 7) is 4.68. The molecule has 28 heavy (non-hydrogen) atoms. The number of carbonyl (C=O) groups excluding carboxylic acids is 1. The van der Waals surface area contributed by atoms with Crippen molar-refractivity contribution < 1.29 is 14.3 Å². The van der Waals surface area contributed by atoms with Crippen molar-refractivity contribution in [3.63, 3.8) is 0 Å². The van der Waals surface area contributed by atoms with Crippen LogP contribution in [0.4, 0.5) is 5.69 Å². The van der Waals surface area contributed by atoms with Gasteiger partial charge in [0.25, 0.3) is 0 Å². The van der Waals surface area contributed by atoms with Gasteiger partial charge in [0.2, 0.25) is 5.91 Å². The molecule has 1 aromatic carbocycles. The molecule has 1 amide bonds. The molecule has 2 saturated heterocycles. The summed E-state index contributed by atoms with van der Waals surface area (Å²) >= 11 is 0. The number of hydrogen-bond acceptors (Lipinski definition) is 5. The predicted molar refractivity (Wildman–Crippen MR) is 118 cm³/mol. The quantitative estimate of drug-likeness (QED) is 0.718. The molecule has 2 N–H and O–H groups in total. The molecule has 0 spiro atoms. The molecule has 8 heteroatoms. The summed E-state index contributed by atoms with van der Waals surface area (Å²) in [4.78, 5) is 15.0. The van der Waals surface area contributed by atoms with Crippen LogP contribution in [0.1, 0.15) is 39.0 Å². The van der Waals surface area contributed by atoms with E-state index in [1.165, 1.54) is 0 Å². The van der Waals surface area contributed by atoms with Crippen molar-refractivity contribution in [2.24, 2.45) is 0 Å². The lowest BCUT2D eigenvalue weighted by Gasteiger charge is -2.38. The van der Waals surface area contributed by atoms with E-state index in [0.29, 0.717) is 11.9 Å². The van der Waals surface area contributed by atoms with E-state index in [2.05, 4.69) is 17.6 Å². The first kappa shape index (κ1) is 24.7. The van der Waals surface area contributed by atoms with Gasteiger partial charge in [-0.15, -0.1) is 24.8 Å². The van der Waals surface area contributed by atoms with Crippen LogP contribution in [0.2, 0.25) is 0 Å². The van der Waals surface area contributed by atoms with Gasteiger partial charge in [-0.1, -0.05) is 6.92 Å². The zero-order chi connectivity index (χ0) is 18.6. The third-order valence-corrected chi connectivity index (χ3v) is 5.76. The van der Waals surface area contributed by atoms with E-state index < -0.39 is 0 Å². The average molecular weight is 434 g/mol. The number of benzene rings is 1. The summed E-state index contributed by atoms with van der Waals surface area (Å²) in [5.74, 6) is 1.84. The van der Waals surface area contributed by atoms with Gasteiger partial charge in [-0.05, 0) is 38.6 Å². The number of halogens is 2. The van der Waals surface area contributed by atoms with Gasteiger partial charge in [0, 0.05) is 43.0 Å². The molecular formula is C20H33Cl2N3O3. The van der Waals surface area contributed by atoms with Crippen LogP contribution in [-0.4, -0.2) is 56.2 Å². The van der Waals surface area contributed by atoms with Crippen LogP contribution in [0.25, 0.3) is 0 Å². The van der Waals surface area contributed by atoms with Gasteiger partial charge < -0.3 is 25.0 Å². The number of anilines is 1. The Kier molecular flexibility index (Phi) is 9.67. The van der Waals surface area contributed by atoms with E-state index in [9.17, 15) is 4.79 Å². The molecular weight excluding hydrogens is 401 g/mol. The maximum atomic E-state index is 13.0.